The van der Waals surface area contributed by atoms with Crippen LogP contribution in [0.4, 0.5) is 0 Å². The number of hydrogen-bond acceptors (Lipinski definition) is 19. The third-order valence-electron chi connectivity index (χ3n) is 19.7. The Hall–Kier alpha value is -0.760. The average Bonchev–Trinajstić information content (AvgIpc) is 3.84. The van der Waals surface area contributed by atoms with Crippen molar-refractivity contribution in [3.05, 3.63) is 0 Å². The van der Waals surface area contributed by atoms with Gasteiger partial charge in [0.1, 0.15) is 73.2 Å². The molecule has 0 bridgehead atoms. The van der Waals surface area contributed by atoms with Crippen molar-refractivity contribution in [1.82, 2.24) is 0 Å². The molecule has 0 unspecified atom stereocenters. The van der Waals surface area contributed by atoms with E-state index in [1.54, 1.807) is 0 Å². The fourth-order valence-electron chi connectivity index (χ4n) is 15.5. The minimum atomic E-state index is -1.78. The zero-order valence-electron chi connectivity index (χ0n) is 40.2. The van der Waals surface area contributed by atoms with E-state index in [-0.39, 0.29) is 52.6 Å². The first-order valence-electron chi connectivity index (χ1n) is 25.0. The molecule has 8 rings (SSSR count). The van der Waals surface area contributed by atoms with E-state index in [0.717, 1.165) is 32.1 Å². The van der Waals surface area contributed by atoms with Gasteiger partial charge in [0.2, 0.25) is 0 Å². The van der Waals surface area contributed by atoms with E-state index in [1.165, 1.54) is 0 Å². The summed E-state index contributed by atoms with van der Waals surface area (Å²) in [5.74, 6) is 0.594. The highest BCUT2D eigenvalue weighted by molar-refractivity contribution is 5.19. The second-order valence-electron chi connectivity index (χ2n) is 23.4. The second kappa shape index (κ2) is 19.3. The maximum atomic E-state index is 12.2. The first-order chi connectivity index (χ1) is 31.4. The van der Waals surface area contributed by atoms with Crippen LogP contribution in [0.1, 0.15) is 106 Å². The fourth-order valence-corrected chi connectivity index (χ4v) is 15.5. The Morgan fingerprint density at radius 3 is 1.72 bits per heavy atom. The van der Waals surface area contributed by atoms with Crippen LogP contribution in [0.25, 0.3) is 0 Å². The molecular formula is C48H82O19. The van der Waals surface area contributed by atoms with Crippen LogP contribution in [0, 0.1) is 51.2 Å². The van der Waals surface area contributed by atoms with E-state index in [9.17, 15) is 61.3 Å². The molecule has 4 saturated carbocycles. The Kier molecular flexibility index (Phi) is 15.1. The molecule has 8 fully saturated rings. The van der Waals surface area contributed by atoms with Gasteiger partial charge < -0.3 is 94.4 Å². The Balaban J connectivity index is 0.968. The van der Waals surface area contributed by atoms with Crippen molar-refractivity contribution in [2.45, 2.75) is 222 Å². The predicted molar refractivity (Wildman–Crippen MR) is 233 cm³/mol. The lowest BCUT2D eigenvalue weighted by atomic mass is 9.35. The predicted octanol–water partition coefficient (Wildman–Crippen LogP) is -0.958. The highest BCUT2D eigenvalue weighted by atomic mass is 16.8. The maximum Gasteiger partial charge on any atom is 0.187 e. The van der Waals surface area contributed by atoms with Crippen molar-refractivity contribution in [1.29, 1.82) is 0 Å². The SMILES string of the molecule is CC(C)[C@]1(CO[C@@H]2O[C@H](CO)[C@@H](O)[C@H](O)[C@H]2O)CC[C@@H]([C@H]2[C@H](O)C[C@]3(C)[C@@H]2CC[C@@H]2[C@@]4(C)CC[C@H](O[C@@H]5O[C@H](CO)[C@@H](O)[C@H](O)[C@H]5O[C@@H]5O[C@H](CO)[C@@H](O)[C@H](O)[C@H]5O)C(C)(C)[C@@H]4CC[C@]23C)O1. The standard InChI is InChI=1S/C48H82O19/c1-21(2)48(20-61-41-38(59)35(56)32(53)25(17-49)62-41)15-10-24(67-48)31-22-8-9-29-45(5)13-12-30(44(3,4)28(45)11-14-46(29,6)47(22,7)16-23(31)52)65-43-40(37(58)34(55)27(19-51)64-43)66-42-39(60)36(57)33(54)26(18-50)63-42/h21-43,49-60H,8-20H2,1-7H3/t22-,23-,24+,25-,26-,27-,28+,29-,30+,31-,32-,33-,34-,35+,36+,37+,38-,39-,40-,41-,42+,43+,45+,46-,47-,48-/m1/s1. The molecule has 12 N–H and O–H groups in total. The summed E-state index contributed by atoms with van der Waals surface area (Å²) in [6.07, 6.45) is -16.4. The molecule has 26 atom stereocenters. The number of hydrogen-bond donors (Lipinski definition) is 12. The third-order valence-corrected chi connectivity index (χ3v) is 19.7. The van der Waals surface area contributed by atoms with E-state index < -0.39 is 135 Å². The molecule has 0 aromatic heterocycles. The molecule has 67 heavy (non-hydrogen) atoms. The van der Waals surface area contributed by atoms with Crippen LogP contribution < -0.4 is 0 Å². The summed E-state index contributed by atoms with van der Waals surface area (Å²) in [6.45, 7) is 13.9. The van der Waals surface area contributed by atoms with E-state index in [2.05, 4.69) is 48.5 Å². The van der Waals surface area contributed by atoms with Crippen LogP contribution in [-0.2, 0) is 33.2 Å². The molecule has 8 aliphatic rings. The van der Waals surface area contributed by atoms with Crippen LogP contribution in [0.2, 0.25) is 0 Å². The summed E-state index contributed by atoms with van der Waals surface area (Å²) in [4.78, 5) is 0. The van der Waals surface area contributed by atoms with Gasteiger partial charge in [-0.05, 0) is 103 Å². The molecule has 4 heterocycles. The first-order valence-corrected chi connectivity index (χ1v) is 25.0. The lowest BCUT2D eigenvalue weighted by Crippen LogP contribution is -2.66. The second-order valence-corrected chi connectivity index (χ2v) is 23.4. The first kappa shape index (κ1) is 52.6. The molecule has 0 aromatic carbocycles. The summed E-state index contributed by atoms with van der Waals surface area (Å²) >= 11 is 0. The molecule has 4 saturated heterocycles. The van der Waals surface area contributed by atoms with Crippen molar-refractivity contribution in [3.8, 4) is 0 Å². The molecule has 4 aliphatic heterocycles. The van der Waals surface area contributed by atoms with Crippen molar-refractivity contribution in [2.24, 2.45) is 51.2 Å². The Labute approximate surface area is 393 Å². The van der Waals surface area contributed by atoms with Crippen LogP contribution in [-0.4, -0.2) is 204 Å². The summed E-state index contributed by atoms with van der Waals surface area (Å²) in [6, 6.07) is 0. The van der Waals surface area contributed by atoms with Gasteiger partial charge >= 0.3 is 0 Å². The molecule has 19 nitrogen and oxygen atoms in total. The maximum absolute atomic E-state index is 12.2. The van der Waals surface area contributed by atoms with E-state index in [0.29, 0.717) is 31.6 Å². The topological polar surface area (TPSA) is 307 Å². The van der Waals surface area contributed by atoms with Gasteiger partial charge in [-0.15, -0.1) is 0 Å². The smallest absolute Gasteiger partial charge is 0.187 e. The monoisotopic (exact) mass is 963 g/mol. The van der Waals surface area contributed by atoms with Crippen LogP contribution >= 0.6 is 0 Å². The number of ether oxygens (including phenoxy) is 7. The summed E-state index contributed by atoms with van der Waals surface area (Å²) in [5.41, 5.74) is -1.65. The van der Waals surface area contributed by atoms with Crippen molar-refractivity contribution in [2.75, 3.05) is 26.4 Å². The lowest BCUT2D eigenvalue weighted by Gasteiger charge is -2.70. The summed E-state index contributed by atoms with van der Waals surface area (Å²) in [5, 5.41) is 127. The molecule has 0 aromatic rings. The van der Waals surface area contributed by atoms with Gasteiger partial charge in [0.25, 0.3) is 0 Å². The molecule has 19 heteroatoms. The van der Waals surface area contributed by atoms with Gasteiger partial charge in [-0.3, -0.25) is 0 Å². The van der Waals surface area contributed by atoms with Crippen molar-refractivity contribution in [3.63, 3.8) is 0 Å². The number of fused-ring (bicyclic) bond motifs is 5. The molecule has 0 spiro atoms. The van der Waals surface area contributed by atoms with Gasteiger partial charge in [0, 0.05) is 5.92 Å². The zero-order chi connectivity index (χ0) is 48.9. The molecule has 388 valence electrons. The summed E-state index contributed by atoms with van der Waals surface area (Å²) in [7, 11) is 0. The lowest BCUT2D eigenvalue weighted by molar-refractivity contribution is -0.378. The highest BCUT2D eigenvalue weighted by Crippen LogP contribution is 2.76. The Bertz CT molecular complexity index is 1690. The number of aliphatic hydroxyl groups excluding tert-OH is 12. The Morgan fingerprint density at radius 2 is 1.12 bits per heavy atom. The number of aliphatic hydroxyl groups is 12. The van der Waals surface area contributed by atoms with E-state index in [1.807, 2.05) is 0 Å². The van der Waals surface area contributed by atoms with Crippen LogP contribution in [0.15, 0.2) is 0 Å². The average molecular weight is 963 g/mol. The minimum Gasteiger partial charge on any atom is -0.394 e. The molecule has 0 radical (unpaired) electrons. The zero-order valence-corrected chi connectivity index (χ0v) is 40.2. The van der Waals surface area contributed by atoms with Gasteiger partial charge in [0.15, 0.2) is 18.9 Å². The Morgan fingerprint density at radius 1 is 0.552 bits per heavy atom. The quantitative estimate of drug-likeness (QED) is 0.105. The van der Waals surface area contributed by atoms with Crippen molar-refractivity contribution < 1.29 is 94.4 Å². The largest absolute Gasteiger partial charge is 0.394 e. The third kappa shape index (κ3) is 8.50. The summed E-state index contributed by atoms with van der Waals surface area (Å²) < 4.78 is 43.3. The highest BCUT2D eigenvalue weighted by Gasteiger charge is 2.71. The normalized spacial score (nSPS) is 55.5. The minimum absolute atomic E-state index is 0.00318. The molecule has 0 amide bonds. The van der Waals surface area contributed by atoms with Gasteiger partial charge in [-0.2, -0.15) is 0 Å². The fraction of sp³-hybridized carbons (Fsp3) is 1.00. The van der Waals surface area contributed by atoms with E-state index in [4.69, 9.17) is 33.2 Å². The van der Waals surface area contributed by atoms with E-state index >= 15 is 0 Å². The van der Waals surface area contributed by atoms with Gasteiger partial charge in [-0.1, -0.05) is 48.5 Å². The van der Waals surface area contributed by atoms with Crippen LogP contribution in [0.3, 0.4) is 0 Å². The van der Waals surface area contributed by atoms with Gasteiger partial charge in [0.05, 0.1) is 50.3 Å². The van der Waals surface area contributed by atoms with Gasteiger partial charge in [-0.25, -0.2) is 0 Å². The molecular weight excluding hydrogens is 881 g/mol. The van der Waals surface area contributed by atoms with Crippen molar-refractivity contribution >= 4 is 0 Å². The molecule has 4 aliphatic carbocycles. The number of rotatable bonds is 12. The van der Waals surface area contributed by atoms with Crippen LogP contribution in [0.5, 0.6) is 0 Å².